The molecule has 0 unspecified atom stereocenters. The molecule has 2 amide bonds. The average molecular weight is 353 g/mol. The van der Waals surface area contributed by atoms with Crippen LogP contribution in [0.2, 0.25) is 0 Å². The number of aryl methyl sites for hydroxylation is 1. The average Bonchev–Trinajstić information content (AvgIpc) is 3.45. The van der Waals surface area contributed by atoms with Crippen LogP contribution in [0.4, 0.5) is 11.4 Å². The van der Waals surface area contributed by atoms with E-state index in [1.807, 2.05) is 6.07 Å². The largest absolute Gasteiger partial charge is 0.348 e. The highest BCUT2D eigenvalue weighted by atomic mass is 16.6. The molecule has 0 bridgehead atoms. The van der Waals surface area contributed by atoms with Gasteiger partial charge in [-0.15, -0.1) is 0 Å². The molecule has 0 heterocycles. The topological polar surface area (TPSA) is 101 Å². The summed E-state index contributed by atoms with van der Waals surface area (Å²) >= 11 is 0. The Morgan fingerprint density at radius 2 is 1.96 bits per heavy atom. The van der Waals surface area contributed by atoms with Crippen LogP contribution in [0, 0.1) is 23.0 Å². The molecule has 0 aromatic heterocycles. The van der Waals surface area contributed by atoms with Crippen LogP contribution in [-0.4, -0.2) is 16.7 Å². The standard InChI is InChI=1S/C19H19N3O4/c1-12-5-6-15(10-17(12)22(25)26)18(23)20-11-13-3-2-4-16(9-13)21-19(24)14-7-8-14/h2-6,9-10,14H,7-8,11H2,1H3,(H,20,23)(H,21,24). The summed E-state index contributed by atoms with van der Waals surface area (Å²) in [7, 11) is 0. The van der Waals surface area contributed by atoms with Crippen molar-refractivity contribution in [2.75, 3.05) is 5.32 Å². The summed E-state index contributed by atoms with van der Waals surface area (Å²) in [5, 5.41) is 16.6. The second kappa shape index (κ2) is 7.35. The third-order valence-corrected chi connectivity index (χ3v) is 4.26. The molecule has 7 heteroatoms. The van der Waals surface area contributed by atoms with Crippen LogP contribution >= 0.6 is 0 Å². The van der Waals surface area contributed by atoms with E-state index >= 15 is 0 Å². The first-order valence-electron chi connectivity index (χ1n) is 8.37. The van der Waals surface area contributed by atoms with Crippen LogP contribution in [0.1, 0.15) is 34.3 Å². The first-order chi connectivity index (χ1) is 12.4. The van der Waals surface area contributed by atoms with Gasteiger partial charge in [-0.2, -0.15) is 0 Å². The van der Waals surface area contributed by atoms with Crippen LogP contribution in [0.3, 0.4) is 0 Å². The van der Waals surface area contributed by atoms with E-state index in [-0.39, 0.29) is 35.5 Å². The highest BCUT2D eigenvalue weighted by molar-refractivity contribution is 5.95. The van der Waals surface area contributed by atoms with Gasteiger partial charge in [-0.25, -0.2) is 0 Å². The van der Waals surface area contributed by atoms with Gasteiger partial charge in [0.15, 0.2) is 0 Å². The number of carbonyl (C=O) groups excluding carboxylic acids is 2. The predicted octanol–water partition coefficient (Wildman–Crippen LogP) is 3.18. The lowest BCUT2D eigenvalue weighted by molar-refractivity contribution is -0.385. The summed E-state index contributed by atoms with van der Waals surface area (Å²) in [6, 6.07) is 11.6. The monoisotopic (exact) mass is 353 g/mol. The van der Waals surface area contributed by atoms with Gasteiger partial charge in [0.2, 0.25) is 5.91 Å². The van der Waals surface area contributed by atoms with Gasteiger partial charge in [0.05, 0.1) is 4.92 Å². The van der Waals surface area contributed by atoms with Gasteiger partial charge in [-0.05, 0) is 43.5 Å². The first-order valence-corrected chi connectivity index (χ1v) is 8.37. The van der Waals surface area contributed by atoms with E-state index < -0.39 is 4.92 Å². The number of nitro benzene ring substituents is 1. The molecule has 0 radical (unpaired) electrons. The van der Waals surface area contributed by atoms with E-state index in [0.29, 0.717) is 11.3 Å². The van der Waals surface area contributed by atoms with Crippen molar-refractivity contribution in [1.82, 2.24) is 5.32 Å². The summed E-state index contributed by atoms with van der Waals surface area (Å²) in [5.74, 6) is -0.241. The number of anilines is 1. The Balaban J connectivity index is 1.63. The van der Waals surface area contributed by atoms with Crippen molar-refractivity contribution in [3.05, 3.63) is 69.3 Å². The second-order valence-electron chi connectivity index (χ2n) is 6.40. The van der Waals surface area contributed by atoms with Gasteiger partial charge in [-0.1, -0.05) is 18.2 Å². The summed E-state index contributed by atoms with van der Waals surface area (Å²) in [6.45, 7) is 1.88. The minimum atomic E-state index is -0.502. The second-order valence-corrected chi connectivity index (χ2v) is 6.40. The molecule has 134 valence electrons. The van der Waals surface area contributed by atoms with Crippen LogP contribution in [0.15, 0.2) is 42.5 Å². The maximum Gasteiger partial charge on any atom is 0.273 e. The Bertz CT molecular complexity index is 875. The number of nitro groups is 1. The van der Waals surface area contributed by atoms with Gasteiger partial charge >= 0.3 is 0 Å². The summed E-state index contributed by atoms with van der Waals surface area (Å²) in [5.41, 5.74) is 2.18. The Morgan fingerprint density at radius 3 is 2.65 bits per heavy atom. The van der Waals surface area contributed by atoms with Crippen molar-refractivity contribution in [3.63, 3.8) is 0 Å². The Hall–Kier alpha value is -3.22. The number of nitrogens with zero attached hydrogens (tertiary/aromatic N) is 1. The zero-order chi connectivity index (χ0) is 18.7. The van der Waals surface area contributed by atoms with Crippen molar-refractivity contribution >= 4 is 23.2 Å². The van der Waals surface area contributed by atoms with Crippen molar-refractivity contribution in [3.8, 4) is 0 Å². The third-order valence-electron chi connectivity index (χ3n) is 4.26. The van der Waals surface area contributed by atoms with E-state index in [9.17, 15) is 19.7 Å². The number of hydrogen-bond donors (Lipinski definition) is 2. The Morgan fingerprint density at radius 1 is 1.19 bits per heavy atom. The molecular weight excluding hydrogens is 334 g/mol. The molecule has 0 atom stereocenters. The van der Waals surface area contributed by atoms with Gasteiger partial charge in [-0.3, -0.25) is 19.7 Å². The maximum absolute atomic E-state index is 12.3. The molecule has 0 spiro atoms. The fraction of sp³-hybridized carbons (Fsp3) is 0.263. The van der Waals surface area contributed by atoms with E-state index in [0.717, 1.165) is 18.4 Å². The molecule has 2 N–H and O–H groups in total. The van der Waals surface area contributed by atoms with Crippen molar-refractivity contribution in [2.45, 2.75) is 26.3 Å². The molecule has 3 rings (SSSR count). The maximum atomic E-state index is 12.3. The van der Waals surface area contributed by atoms with E-state index in [1.165, 1.54) is 6.07 Å². The lowest BCUT2D eigenvalue weighted by Crippen LogP contribution is -2.23. The number of nitrogens with one attached hydrogen (secondary N) is 2. The van der Waals surface area contributed by atoms with Gasteiger partial charge in [0.1, 0.15) is 0 Å². The van der Waals surface area contributed by atoms with Crippen LogP contribution in [0.25, 0.3) is 0 Å². The van der Waals surface area contributed by atoms with Crippen molar-refractivity contribution in [2.24, 2.45) is 5.92 Å². The van der Waals surface area contributed by atoms with E-state index in [4.69, 9.17) is 0 Å². The van der Waals surface area contributed by atoms with Gasteiger partial charge in [0.25, 0.3) is 11.6 Å². The predicted molar refractivity (Wildman–Crippen MR) is 96.8 cm³/mol. The summed E-state index contributed by atoms with van der Waals surface area (Å²) in [6.07, 6.45) is 1.87. The van der Waals surface area contributed by atoms with Crippen LogP contribution < -0.4 is 10.6 Å². The molecule has 1 saturated carbocycles. The van der Waals surface area contributed by atoms with Crippen molar-refractivity contribution < 1.29 is 14.5 Å². The summed E-state index contributed by atoms with van der Waals surface area (Å²) in [4.78, 5) is 34.6. The SMILES string of the molecule is Cc1ccc(C(=O)NCc2cccc(NC(=O)C3CC3)c2)cc1[N+](=O)[O-]. The van der Waals surface area contributed by atoms with E-state index in [1.54, 1.807) is 37.3 Å². The molecule has 1 fully saturated rings. The zero-order valence-electron chi connectivity index (χ0n) is 14.3. The number of amides is 2. The normalized spacial score (nSPS) is 13.1. The fourth-order valence-electron chi connectivity index (χ4n) is 2.58. The zero-order valence-corrected chi connectivity index (χ0v) is 14.3. The molecule has 0 aliphatic heterocycles. The van der Waals surface area contributed by atoms with Crippen molar-refractivity contribution in [1.29, 1.82) is 0 Å². The Labute approximate surface area is 150 Å². The lowest BCUT2D eigenvalue weighted by Gasteiger charge is -2.09. The fourth-order valence-corrected chi connectivity index (χ4v) is 2.58. The Kier molecular flexibility index (Phi) is 4.97. The molecule has 26 heavy (non-hydrogen) atoms. The number of hydrogen-bond acceptors (Lipinski definition) is 4. The summed E-state index contributed by atoms with van der Waals surface area (Å²) < 4.78 is 0. The van der Waals surface area contributed by atoms with Crippen LogP contribution in [-0.2, 0) is 11.3 Å². The quantitative estimate of drug-likeness (QED) is 0.615. The van der Waals surface area contributed by atoms with Gasteiger partial charge < -0.3 is 10.6 Å². The smallest absolute Gasteiger partial charge is 0.273 e. The first kappa shape index (κ1) is 17.6. The molecular formula is C19H19N3O4. The van der Waals surface area contributed by atoms with Crippen LogP contribution in [0.5, 0.6) is 0 Å². The lowest BCUT2D eigenvalue weighted by atomic mass is 10.1. The molecule has 2 aromatic rings. The number of rotatable bonds is 6. The highest BCUT2D eigenvalue weighted by Crippen LogP contribution is 2.30. The molecule has 2 aromatic carbocycles. The number of carbonyl (C=O) groups is 2. The molecule has 0 saturated heterocycles. The minimum Gasteiger partial charge on any atom is -0.348 e. The molecule has 1 aliphatic rings. The minimum absolute atomic E-state index is 0.0261. The van der Waals surface area contributed by atoms with Gasteiger partial charge in [0, 0.05) is 35.3 Å². The number of benzene rings is 2. The molecule has 1 aliphatic carbocycles. The highest BCUT2D eigenvalue weighted by Gasteiger charge is 2.29. The van der Waals surface area contributed by atoms with E-state index in [2.05, 4.69) is 10.6 Å². The molecule has 7 nitrogen and oxygen atoms in total. The third kappa shape index (κ3) is 4.24.